The standard InChI is InChI=1S/C23H25N3O2S/c1-6-18(27-5)17-12-13-26(4)23-19(17)25-21(28-23)20-15(3)24-22(29-20)16-9-7-8-14(2)10-11-16/h7-11H,2,6,12-13H2,1,3-5H3. The molecule has 5 nitrogen and oxygen atoms in total. The van der Waals surface area contributed by atoms with Gasteiger partial charge < -0.3 is 14.1 Å². The minimum Gasteiger partial charge on any atom is -0.501 e. The van der Waals surface area contributed by atoms with Crippen molar-refractivity contribution in [2.45, 2.75) is 26.7 Å². The predicted octanol–water partition coefficient (Wildman–Crippen LogP) is 5.78. The second-order valence-corrected chi connectivity index (χ2v) is 8.13. The zero-order chi connectivity index (χ0) is 20.5. The Labute approximate surface area is 175 Å². The topological polar surface area (TPSA) is 51.4 Å². The number of nitrogens with zero attached hydrogens (tertiary/aromatic N) is 3. The molecule has 3 heterocycles. The molecule has 0 saturated heterocycles. The average Bonchev–Trinajstić information content (AvgIpc) is 3.25. The molecule has 2 aliphatic rings. The number of oxazole rings is 1. The van der Waals surface area contributed by atoms with Crippen LogP contribution in [0.2, 0.25) is 0 Å². The highest BCUT2D eigenvalue weighted by molar-refractivity contribution is 7.16. The number of hydrogen-bond donors (Lipinski definition) is 0. The molecule has 0 amide bonds. The van der Waals surface area contributed by atoms with Crippen LogP contribution in [0.4, 0.5) is 5.88 Å². The van der Waals surface area contributed by atoms with Crippen LogP contribution in [0.25, 0.3) is 21.9 Å². The van der Waals surface area contributed by atoms with Gasteiger partial charge in [0.15, 0.2) is 0 Å². The number of rotatable bonds is 4. The molecule has 0 spiro atoms. The van der Waals surface area contributed by atoms with Gasteiger partial charge in [-0.1, -0.05) is 43.9 Å². The van der Waals surface area contributed by atoms with Crippen LogP contribution in [-0.4, -0.2) is 30.7 Å². The van der Waals surface area contributed by atoms with Gasteiger partial charge in [-0.3, -0.25) is 0 Å². The fourth-order valence-corrected chi connectivity index (χ4v) is 4.56. The maximum absolute atomic E-state index is 6.23. The fourth-order valence-electron chi connectivity index (χ4n) is 3.56. The Kier molecular flexibility index (Phi) is 5.28. The molecule has 0 radical (unpaired) electrons. The van der Waals surface area contributed by atoms with Crippen LogP contribution in [0, 0.1) is 6.92 Å². The molecule has 1 aliphatic heterocycles. The van der Waals surface area contributed by atoms with Crippen LogP contribution >= 0.6 is 11.3 Å². The van der Waals surface area contributed by atoms with Gasteiger partial charge >= 0.3 is 0 Å². The number of aryl methyl sites for hydroxylation is 1. The summed E-state index contributed by atoms with van der Waals surface area (Å²) in [6, 6.07) is 0. The summed E-state index contributed by atoms with van der Waals surface area (Å²) < 4.78 is 11.8. The molecule has 29 heavy (non-hydrogen) atoms. The predicted molar refractivity (Wildman–Crippen MR) is 120 cm³/mol. The molecule has 4 rings (SSSR count). The Balaban J connectivity index is 1.77. The minimum absolute atomic E-state index is 0.618. The van der Waals surface area contributed by atoms with Crippen LogP contribution in [0.15, 0.2) is 52.7 Å². The first-order chi connectivity index (χ1) is 14.0. The number of hydrogen-bond acceptors (Lipinski definition) is 6. The normalized spacial score (nSPS) is 17.9. The molecule has 0 N–H and O–H groups in total. The molecule has 150 valence electrons. The summed E-state index contributed by atoms with van der Waals surface area (Å²) in [6.07, 6.45) is 11.8. The summed E-state index contributed by atoms with van der Waals surface area (Å²) in [7, 11) is 3.76. The van der Waals surface area contributed by atoms with Crippen LogP contribution in [0.3, 0.4) is 0 Å². The zero-order valence-electron chi connectivity index (χ0n) is 17.3. The van der Waals surface area contributed by atoms with E-state index < -0.39 is 0 Å². The molecule has 2 aromatic heterocycles. The van der Waals surface area contributed by atoms with Crippen molar-refractivity contribution >= 4 is 28.4 Å². The van der Waals surface area contributed by atoms with E-state index in [2.05, 4.69) is 24.5 Å². The van der Waals surface area contributed by atoms with Gasteiger partial charge in [0.25, 0.3) is 0 Å². The third-order valence-corrected chi connectivity index (χ3v) is 6.34. The van der Waals surface area contributed by atoms with Crippen molar-refractivity contribution in [2.75, 3.05) is 25.6 Å². The van der Waals surface area contributed by atoms with E-state index in [9.17, 15) is 0 Å². The number of allylic oxidation sites excluding steroid dienone is 8. The Hall–Kier alpha value is -2.86. The van der Waals surface area contributed by atoms with Gasteiger partial charge in [-0.25, -0.2) is 9.97 Å². The number of aromatic nitrogens is 2. The second kappa shape index (κ2) is 7.87. The lowest BCUT2D eigenvalue weighted by molar-refractivity contribution is 0.281. The molecule has 6 heteroatoms. The maximum Gasteiger partial charge on any atom is 0.241 e. The highest BCUT2D eigenvalue weighted by atomic mass is 32.1. The number of fused-ring (bicyclic) bond motifs is 1. The Morgan fingerprint density at radius 1 is 1.31 bits per heavy atom. The van der Waals surface area contributed by atoms with E-state index in [1.54, 1.807) is 18.4 Å². The molecular formula is C23H25N3O2S. The summed E-state index contributed by atoms with van der Waals surface area (Å²) in [5.74, 6) is 2.39. The molecule has 0 atom stereocenters. The third kappa shape index (κ3) is 3.60. The lowest BCUT2D eigenvalue weighted by atomic mass is 10.0. The van der Waals surface area contributed by atoms with Gasteiger partial charge in [-0.15, -0.1) is 11.3 Å². The molecule has 0 bridgehead atoms. The average molecular weight is 408 g/mol. The van der Waals surface area contributed by atoms with Crippen LogP contribution in [-0.2, 0) is 4.74 Å². The smallest absolute Gasteiger partial charge is 0.241 e. The van der Waals surface area contributed by atoms with Crippen molar-refractivity contribution in [3.8, 4) is 10.8 Å². The monoisotopic (exact) mass is 407 g/mol. The van der Waals surface area contributed by atoms with Crippen LogP contribution in [0.1, 0.15) is 36.2 Å². The minimum atomic E-state index is 0.618. The van der Waals surface area contributed by atoms with E-state index in [0.29, 0.717) is 5.89 Å². The number of methoxy groups -OCH3 is 1. The number of anilines is 1. The van der Waals surface area contributed by atoms with Gasteiger partial charge in [0.2, 0.25) is 11.8 Å². The first kappa shape index (κ1) is 19.5. The summed E-state index contributed by atoms with van der Waals surface area (Å²) >= 11 is 1.60. The molecule has 0 fully saturated rings. The highest BCUT2D eigenvalue weighted by Gasteiger charge is 2.29. The molecular weight excluding hydrogens is 382 g/mol. The van der Waals surface area contributed by atoms with Gasteiger partial charge in [-0.05, 0) is 18.9 Å². The van der Waals surface area contributed by atoms with Crippen molar-refractivity contribution in [1.82, 2.24) is 9.97 Å². The Morgan fingerprint density at radius 3 is 2.90 bits per heavy atom. The van der Waals surface area contributed by atoms with Gasteiger partial charge in [0.05, 0.1) is 12.8 Å². The first-order valence-corrected chi connectivity index (χ1v) is 10.5. The SMILES string of the molecule is C=C1C=CC=C(c2nc(C)c(-c3nc4c(o3)N(C)CCC4=C(CC)OC)s2)C=C1. The van der Waals surface area contributed by atoms with Crippen molar-refractivity contribution < 1.29 is 9.15 Å². The summed E-state index contributed by atoms with van der Waals surface area (Å²) in [4.78, 5) is 12.7. The van der Waals surface area contributed by atoms with Gasteiger partial charge in [0.1, 0.15) is 21.3 Å². The van der Waals surface area contributed by atoms with Crippen LogP contribution < -0.4 is 4.90 Å². The van der Waals surface area contributed by atoms with E-state index in [1.165, 1.54) is 0 Å². The lowest BCUT2D eigenvalue weighted by Gasteiger charge is -2.24. The van der Waals surface area contributed by atoms with E-state index in [4.69, 9.17) is 19.1 Å². The third-order valence-electron chi connectivity index (χ3n) is 5.14. The molecule has 1 aliphatic carbocycles. The molecule has 2 aromatic rings. The zero-order valence-corrected chi connectivity index (χ0v) is 18.1. The first-order valence-electron chi connectivity index (χ1n) is 9.73. The van der Waals surface area contributed by atoms with Gasteiger partial charge in [0, 0.05) is 31.2 Å². The van der Waals surface area contributed by atoms with E-state index >= 15 is 0 Å². The Bertz CT molecular complexity index is 1080. The summed E-state index contributed by atoms with van der Waals surface area (Å²) in [6.45, 7) is 8.96. The molecule has 0 unspecified atom stereocenters. The largest absolute Gasteiger partial charge is 0.501 e. The van der Waals surface area contributed by atoms with E-state index in [-0.39, 0.29) is 0 Å². The van der Waals surface area contributed by atoms with Crippen molar-refractivity contribution in [3.05, 3.63) is 64.7 Å². The molecule has 0 aromatic carbocycles. The maximum atomic E-state index is 6.23. The summed E-state index contributed by atoms with van der Waals surface area (Å²) in [5.41, 5.74) is 4.96. The van der Waals surface area contributed by atoms with E-state index in [1.807, 2.05) is 38.3 Å². The van der Waals surface area contributed by atoms with Gasteiger partial charge in [-0.2, -0.15) is 0 Å². The van der Waals surface area contributed by atoms with Crippen molar-refractivity contribution in [3.63, 3.8) is 0 Å². The van der Waals surface area contributed by atoms with E-state index in [0.717, 1.165) is 69.0 Å². The van der Waals surface area contributed by atoms with Crippen molar-refractivity contribution in [1.29, 1.82) is 0 Å². The Morgan fingerprint density at radius 2 is 2.14 bits per heavy atom. The molecule has 0 saturated carbocycles. The lowest BCUT2D eigenvalue weighted by Crippen LogP contribution is -2.24. The van der Waals surface area contributed by atoms with Crippen molar-refractivity contribution in [2.24, 2.45) is 0 Å². The highest BCUT2D eigenvalue weighted by Crippen LogP contribution is 2.41. The summed E-state index contributed by atoms with van der Waals surface area (Å²) in [5, 5.41) is 0.944. The fraction of sp³-hybridized carbons (Fsp3) is 0.304. The quantitative estimate of drug-likeness (QED) is 0.601. The number of thiazole rings is 1. The number of ether oxygens (including phenoxy) is 1. The van der Waals surface area contributed by atoms with Crippen LogP contribution in [0.5, 0.6) is 0 Å². The second-order valence-electron chi connectivity index (χ2n) is 7.13.